The highest BCUT2D eigenvalue weighted by molar-refractivity contribution is 6.31. The Hall–Kier alpha value is -1.80. The van der Waals surface area contributed by atoms with Crippen molar-refractivity contribution in [1.82, 2.24) is 0 Å². The molecule has 0 aliphatic heterocycles. The van der Waals surface area contributed by atoms with Gasteiger partial charge in [0.2, 0.25) is 0 Å². The van der Waals surface area contributed by atoms with Gasteiger partial charge in [-0.3, -0.25) is 4.79 Å². The minimum Gasteiger partial charge on any atom is -0.496 e. The van der Waals surface area contributed by atoms with Gasteiger partial charge in [0.15, 0.2) is 5.78 Å². The molecule has 0 atom stereocenters. The van der Waals surface area contributed by atoms with Crippen molar-refractivity contribution in [2.24, 2.45) is 0 Å². The molecule has 2 aromatic carbocycles. The molecule has 0 saturated heterocycles. The minimum atomic E-state index is 0.0155. The van der Waals surface area contributed by atoms with Crippen LogP contribution in [0.4, 0.5) is 0 Å². The molecule has 0 aromatic heterocycles. The number of rotatable bonds is 4. The Morgan fingerprint density at radius 3 is 2.40 bits per heavy atom. The fourth-order valence-electron chi connectivity index (χ4n) is 2.28. The van der Waals surface area contributed by atoms with Gasteiger partial charge in [0, 0.05) is 11.4 Å². The zero-order valence-electron chi connectivity index (χ0n) is 11.9. The number of ether oxygens (including phenoxy) is 1. The lowest BCUT2D eigenvalue weighted by Crippen LogP contribution is -2.08. The number of hydrogen-bond donors (Lipinski definition) is 0. The standard InChI is InChI=1S/C17H17ClO2/c1-11-5-4-6-12(2)14(11)10-16(19)15-9-13(18)7-8-17(15)20-3/h4-9H,10H2,1-3H3. The zero-order valence-corrected chi connectivity index (χ0v) is 12.6. The van der Waals surface area contributed by atoms with E-state index < -0.39 is 0 Å². The molecule has 2 nitrogen and oxygen atoms in total. The normalized spacial score (nSPS) is 10.4. The topological polar surface area (TPSA) is 26.3 Å². The number of carbonyl (C=O) groups is 1. The Kier molecular flexibility index (Phi) is 4.46. The first-order valence-corrected chi connectivity index (χ1v) is 6.82. The number of carbonyl (C=O) groups excluding carboxylic acids is 1. The van der Waals surface area contributed by atoms with Crippen molar-refractivity contribution in [2.45, 2.75) is 20.3 Å². The molecular formula is C17H17ClO2. The van der Waals surface area contributed by atoms with Crippen molar-refractivity contribution in [3.8, 4) is 5.75 Å². The Morgan fingerprint density at radius 1 is 1.15 bits per heavy atom. The van der Waals surface area contributed by atoms with Gasteiger partial charge in [-0.2, -0.15) is 0 Å². The molecule has 104 valence electrons. The third-order valence-electron chi connectivity index (χ3n) is 3.44. The average Bonchev–Trinajstić information content (AvgIpc) is 2.43. The van der Waals surface area contributed by atoms with E-state index in [0.29, 0.717) is 22.8 Å². The SMILES string of the molecule is COc1ccc(Cl)cc1C(=O)Cc1c(C)cccc1C. The molecule has 0 fully saturated rings. The summed E-state index contributed by atoms with van der Waals surface area (Å²) >= 11 is 5.98. The van der Waals surface area contributed by atoms with Crippen LogP contribution in [-0.4, -0.2) is 12.9 Å². The highest BCUT2D eigenvalue weighted by atomic mass is 35.5. The van der Waals surface area contributed by atoms with Crippen LogP contribution in [0.2, 0.25) is 5.02 Å². The Balaban J connectivity index is 2.35. The van der Waals surface area contributed by atoms with Crippen molar-refractivity contribution >= 4 is 17.4 Å². The van der Waals surface area contributed by atoms with Gasteiger partial charge in [0.25, 0.3) is 0 Å². The highest BCUT2D eigenvalue weighted by Crippen LogP contribution is 2.25. The molecule has 0 amide bonds. The van der Waals surface area contributed by atoms with E-state index in [4.69, 9.17) is 16.3 Å². The lowest BCUT2D eigenvalue weighted by atomic mass is 9.95. The summed E-state index contributed by atoms with van der Waals surface area (Å²) in [6.45, 7) is 4.04. The number of methoxy groups -OCH3 is 1. The monoisotopic (exact) mass is 288 g/mol. The lowest BCUT2D eigenvalue weighted by molar-refractivity contribution is 0.0989. The summed E-state index contributed by atoms with van der Waals surface area (Å²) in [7, 11) is 1.55. The second-order valence-electron chi connectivity index (χ2n) is 4.81. The fraction of sp³-hybridized carbons (Fsp3) is 0.235. The zero-order chi connectivity index (χ0) is 14.7. The van der Waals surface area contributed by atoms with E-state index in [9.17, 15) is 4.79 Å². The van der Waals surface area contributed by atoms with Gasteiger partial charge in [-0.1, -0.05) is 29.8 Å². The molecule has 0 heterocycles. The molecule has 0 bridgehead atoms. The smallest absolute Gasteiger partial charge is 0.171 e. The quantitative estimate of drug-likeness (QED) is 0.780. The van der Waals surface area contributed by atoms with Crippen molar-refractivity contribution < 1.29 is 9.53 Å². The Labute approximate surface area is 124 Å². The number of ketones is 1. The number of aryl methyl sites for hydroxylation is 2. The fourth-order valence-corrected chi connectivity index (χ4v) is 2.45. The van der Waals surface area contributed by atoms with Gasteiger partial charge < -0.3 is 4.74 Å². The van der Waals surface area contributed by atoms with Gasteiger partial charge >= 0.3 is 0 Å². The van der Waals surface area contributed by atoms with Crippen LogP contribution in [-0.2, 0) is 6.42 Å². The third kappa shape index (κ3) is 3.02. The number of Topliss-reactive ketones (excluding diaryl/α,β-unsaturated/α-hetero) is 1. The van der Waals surface area contributed by atoms with Crippen molar-refractivity contribution in [3.05, 3.63) is 63.7 Å². The first-order chi connectivity index (χ1) is 9.52. The largest absolute Gasteiger partial charge is 0.496 e. The van der Waals surface area contributed by atoms with E-state index in [1.807, 2.05) is 32.0 Å². The molecule has 2 rings (SSSR count). The van der Waals surface area contributed by atoms with Gasteiger partial charge in [-0.05, 0) is 48.7 Å². The molecule has 0 unspecified atom stereocenters. The first kappa shape index (κ1) is 14.6. The molecular weight excluding hydrogens is 272 g/mol. The van der Waals surface area contributed by atoms with Crippen LogP contribution in [0, 0.1) is 13.8 Å². The van der Waals surface area contributed by atoms with Gasteiger partial charge in [0.05, 0.1) is 12.7 Å². The van der Waals surface area contributed by atoms with E-state index in [1.54, 1.807) is 25.3 Å². The van der Waals surface area contributed by atoms with Crippen molar-refractivity contribution in [2.75, 3.05) is 7.11 Å². The van der Waals surface area contributed by atoms with Crippen molar-refractivity contribution in [1.29, 1.82) is 0 Å². The number of benzene rings is 2. The number of hydrogen-bond acceptors (Lipinski definition) is 2. The van der Waals surface area contributed by atoms with E-state index in [0.717, 1.165) is 16.7 Å². The van der Waals surface area contributed by atoms with Crippen LogP contribution in [0.15, 0.2) is 36.4 Å². The summed E-state index contributed by atoms with van der Waals surface area (Å²) < 4.78 is 5.24. The summed E-state index contributed by atoms with van der Waals surface area (Å²) in [6, 6.07) is 11.1. The van der Waals surface area contributed by atoms with Crippen molar-refractivity contribution in [3.63, 3.8) is 0 Å². The lowest BCUT2D eigenvalue weighted by Gasteiger charge is -2.11. The van der Waals surface area contributed by atoms with Crippen LogP contribution < -0.4 is 4.74 Å². The van der Waals surface area contributed by atoms with E-state index in [2.05, 4.69) is 0 Å². The Bertz CT molecular complexity index is 627. The maximum atomic E-state index is 12.5. The van der Waals surface area contributed by atoms with Gasteiger partial charge in [-0.15, -0.1) is 0 Å². The van der Waals surface area contributed by atoms with Crippen LogP contribution in [0.5, 0.6) is 5.75 Å². The molecule has 2 aromatic rings. The molecule has 20 heavy (non-hydrogen) atoms. The molecule has 0 aliphatic rings. The number of halogens is 1. The minimum absolute atomic E-state index is 0.0155. The predicted molar refractivity (Wildman–Crippen MR) is 82.0 cm³/mol. The average molecular weight is 289 g/mol. The third-order valence-corrected chi connectivity index (χ3v) is 3.68. The summed E-state index contributed by atoms with van der Waals surface area (Å²) in [5, 5.41) is 0.538. The van der Waals surface area contributed by atoms with E-state index in [1.165, 1.54) is 0 Å². The van der Waals surface area contributed by atoms with Crippen LogP contribution in [0.3, 0.4) is 0 Å². The molecule has 0 N–H and O–H groups in total. The summed E-state index contributed by atoms with van der Waals surface area (Å²) in [5.41, 5.74) is 3.85. The predicted octanol–water partition coefficient (Wildman–Crippen LogP) is 4.39. The molecule has 0 aliphatic carbocycles. The second-order valence-corrected chi connectivity index (χ2v) is 5.25. The van der Waals surface area contributed by atoms with Crippen LogP contribution in [0.1, 0.15) is 27.0 Å². The van der Waals surface area contributed by atoms with E-state index in [-0.39, 0.29) is 5.78 Å². The maximum absolute atomic E-state index is 12.5. The second kappa shape index (κ2) is 6.10. The first-order valence-electron chi connectivity index (χ1n) is 6.44. The van der Waals surface area contributed by atoms with Gasteiger partial charge in [0.1, 0.15) is 5.75 Å². The molecule has 3 heteroatoms. The summed E-state index contributed by atoms with van der Waals surface area (Å²) in [4.78, 5) is 12.5. The molecule has 0 radical (unpaired) electrons. The highest BCUT2D eigenvalue weighted by Gasteiger charge is 2.15. The van der Waals surface area contributed by atoms with E-state index >= 15 is 0 Å². The summed E-state index contributed by atoms with van der Waals surface area (Å²) in [6.07, 6.45) is 0.356. The van der Waals surface area contributed by atoms with Crippen LogP contribution >= 0.6 is 11.6 Å². The summed E-state index contributed by atoms with van der Waals surface area (Å²) in [5.74, 6) is 0.576. The molecule has 0 spiro atoms. The Morgan fingerprint density at radius 2 is 1.80 bits per heavy atom. The molecule has 0 saturated carbocycles. The maximum Gasteiger partial charge on any atom is 0.171 e. The van der Waals surface area contributed by atoms with Gasteiger partial charge in [-0.25, -0.2) is 0 Å². The van der Waals surface area contributed by atoms with Crippen LogP contribution in [0.25, 0.3) is 0 Å².